The topological polar surface area (TPSA) is 71.5 Å². The first-order chi connectivity index (χ1) is 9.11. The van der Waals surface area contributed by atoms with Gasteiger partial charge in [0.05, 0.1) is 12.7 Å². The zero-order valence-corrected chi connectivity index (χ0v) is 12.2. The fraction of sp³-hybridized carbons (Fsp3) is 0.0769. The van der Waals surface area contributed by atoms with Crippen LogP contribution in [0.4, 0.5) is 5.82 Å². The number of halogens is 1. The maximum Gasteiger partial charge on any atom is 0.260 e. The molecule has 0 radical (unpaired) electrons. The van der Waals surface area contributed by atoms with Crippen molar-refractivity contribution in [1.82, 2.24) is 4.98 Å². The van der Waals surface area contributed by atoms with E-state index >= 15 is 0 Å². The SMILES string of the molecule is COc1cccc(C(=O)Nc2ccc(I)cn2)c1O. The van der Waals surface area contributed by atoms with E-state index in [2.05, 4.69) is 32.9 Å². The number of aromatic nitrogens is 1. The third-order valence-corrected chi connectivity index (χ3v) is 3.07. The van der Waals surface area contributed by atoms with Crippen LogP contribution in [0.5, 0.6) is 11.5 Å². The number of para-hydroxylation sites is 1. The van der Waals surface area contributed by atoms with E-state index in [1.807, 2.05) is 6.07 Å². The molecule has 98 valence electrons. The van der Waals surface area contributed by atoms with Crippen molar-refractivity contribution in [3.63, 3.8) is 0 Å². The number of ether oxygens (including phenoxy) is 1. The average molecular weight is 370 g/mol. The number of amides is 1. The summed E-state index contributed by atoms with van der Waals surface area (Å²) in [6.45, 7) is 0. The molecule has 1 amide bonds. The van der Waals surface area contributed by atoms with Gasteiger partial charge in [0.15, 0.2) is 11.5 Å². The minimum atomic E-state index is -0.440. The van der Waals surface area contributed by atoms with Gasteiger partial charge in [-0.3, -0.25) is 4.79 Å². The van der Waals surface area contributed by atoms with Crippen LogP contribution < -0.4 is 10.1 Å². The summed E-state index contributed by atoms with van der Waals surface area (Å²) in [6.07, 6.45) is 1.64. The second-order valence-electron chi connectivity index (χ2n) is 3.67. The number of rotatable bonds is 3. The monoisotopic (exact) mass is 370 g/mol. The van der Waals surface area contributed by atoms with Crippen molar-refractivity contribution in [3.05, 3.63) is 45.7 Å². The Labute approximate surface area is 123 Å². The van der Waals surface area contributed by atoms with Gasteiger partial charge >= 0.3 is 0 Å². The summed E-state index contributed by atoms with van der Waals surface area (Å²) in [6, 6.07) is 8.25. The second kappa shape index (κ2) is 5.87. The van der Waals surface area contributed by atoms with Crippen LogP contribution in [0.1, 0.15) is 10.4 Å². The number of carbonyl (C=O) groups is 1. The molecule has 0 aliphatic rings. The summed E-state index contributed by atoms with van der Waals surface area (Å²) >= 11 is 2.12. The Hall–Kier alpha value is -1.83. The Balaban J connectivity index is 2.23. The number of hydrogen-bond donors (Lipinski definition) is 2. The number of benzene rings is 1. The molecule has 2 rings (SSSR count). The van der Waals surface area contributed by atoms with Crippen molar-refractivity contribution in [2.75, 3.05) is 12.4 Å². The molecule has 6 heteroatoms. The van der Waals surface area contributed by atoms with Gasteiger partial charge in [-0.25, -0.2) is 4.98 Å². The molecule has 2 aromatic rings. The lowest BCUT2D eigenvalue weighted by atomic mass is 10.1. The number of anilines is 1. The van der Waals surface area contributed by atoms with Gasteiger partial charge in [-0.05, 0) is 46.9 Å². The van der Waals surface area contributed by atoms with Crippen LogP contribution in [0.2, 0.25) is 0 Å². The predicted molar refractivity (Wildman–Crippen MR) is 79.6 cm³/mol. The first-order valence-corrected chi connectivity index (χ1v) is 6.48. The first kappa shape index (κ1) is 13.6. The smallest absolute Gasteiger partial charge is 0.260 e. The molecular weight excluding hydrogens is 359 g/mol. The molecule has 19 heavy (non-hydrogen) atoms. The zero-order chi connectivity index (χ0) is 13.8. The highest BCUT2D eigenvalue weighted by Crippen LogP contribution is 2.29. The van der Waals surface area contributed by atoms with Crippen molar-refractivity contribution in [2.24, 2.45) is 0 Å². The standard InChI is InChI=1S/C13H11IN2O3/c1-19-10-4-2-3-9(12(10)17)13(18)16-11-6-5-8(14)7-15-11/h2-7,17H,1H3,(H,15,16,18). The fourth-order valence-corrected chi connectivity index (χ4v) is 1.82. The van der Waals surface area contributed by atoms with Crippen LogP contribution in [0.25, 0.3) is 0 Å². The van der Waals surface area contributed by atoms with Gasteiger partial charge in [-0.2, -0.15) is 0 Å². The normalized spacial score (nSPS) is 10.0. The number of hydrogen-bond acceptors (Lipinski definition) is 4. The molecule has 0 spiro atoms. The van der Waals surface area contributed by atoms with Gasteiger partial charge in [-0.1, -0.05) is 6.07 Å². The number of nitrogens with one attached hydrogen (secondary N) is 1. The van der Waals surface area contributed by atoms with Crippen LogP contribution in [0, 0.1) is 3.57 Å². The summed E-state index contributed by atoms with van der Waals surface area (Å²) in [5, 5.41) is 12.5. The molecule has 0 aliphatic carbocycles. The molecular formula is C13H11IN2O3. The van der Waals surface area contributed by atoms with Crippen molar-refractivity contribution < 1.29 is 14.6 Å². The Bertz CT molecular complexity index is 599. The summed E-state index contributed by atoms with van der Waals surface area (Å²) in [5.74, 6) is 0.0500. The summed E-state index contributed by atoms with van der Waals surface area (Å²) in [5.41, 5.74) is 0.139. The van der Waals surface area contributed by atoms with Gasteiger partial charge in [-0.15, -0.1) is 0 Å². The van der Waals surface area contributed by atoms with E-state index in [1.165, 1.54) is 13.2 Å². The Morgan fingerprint density at radius 3 is 2.79 bits per heavy atom. The van der Waals surface area contributed by atoms with E-state index in [0.717, 1.165) is 3.57 Å². The molecule has 2 N–H and O–H groups in total. The van der Waals surface area contributed by atoms with Crippen LogP contribution in [-0.4, -0.2) is 23.1 Å². The molecule has 0 unspecified atom stereocenters. The number of nitrogens with zero attached hydrogens (tertiary/aromatic N) is 1. The zero-order valence-electron chi connectivity index (χ0n) is 10.1. The molecule has 0 fully saturated rings. The first-order valence-electron chi connectivity index (χ1n) is 5.40. The van der Waals surface area contributed by atoms with Gasteiger partial charge in [0.25, 0.3) is 5.91 Å². The van der Waals surface area contributed by atoms with E-state index in [-0.39, 0.29) is 17.1 Å². The lowest BCUT2D eigenvalue weighted by Gasteiger charge is -2.09. The number of phenols is 1. The van der Waals surface area contributed by atoms with Gasteiger partial charge in [0.2, 0.25) is 0 Å². The van der Waals surface area contributed by atoms with Gasteiger partial charge < -0.3 is 15.2 Å². The predicted octanol–water partition coefficient (Wildman–Crippen LogP) is 2.65. The van der Waals surface area contributed by atoms with Crippen molar-refractivity contribution in [2.45, 2.75) is 0 Å². The summed E-state index contributed by atoms with van der Waals surface area (Å²) in [4.78, 5) is 16.1. The highest BCUT2D eigenvalue weighted by Gasteiger charge is 2.15. The van der Waals surface area contributed by atoms with E-state index in [1.54, 1.807) is 24.4 Å². The third-order valence-electron chi connectivity index (χ3n) is 2.43. The van der Waals surface area contributed by atoms with E-state index in [4.69, 9.17) is 4.74 Å². The Morgan fingerprint density at radius 1 is 1.37 bits per heavy atom. The molecule has 0 saturated carbocycles. The largest absolute Gasteiger partial charge is 0.504 e. The van der Waals surface area contributed by atoms with Crippen molar-refractivity contribution in [1.29, 1.82) is 0 Å². The van der Waals surface area contributed by atoms with Crippen LogP contribution in [0.15, 0.2) is 36.5 Å². The molecule has 1 aromatic heterocycles. The van der Waals surface area contributed by atoms with Gasteiger partial charge in [0, 0.05) is 9.77 Å². The number of carbonyl (C=O) groups excluding carboxylic acids is 1. The second-order valence-corrected chi connectivity index (χ2v) is 4.92. The third kappa shape index (κ3) is 3.14. The van der Waals surface area contributed by atoms with Crippen LogP contribution in [-0.2, 0) is 0 Å². The maximum atomic E-state index is 12.0. The number of pyridine rings is 1. The lowest BCUT2D eigenvalue weighted by Crippen LogP contribution is -2.13. The Morgan fingerprint density at radius 2 is 2.16 bits per heavy atom. The van der Waals surface area contributed by atoms with Crippen LogP contribution in [0.3, 0.4) is 0 Å². The molecule has 5 nitrogen and oxygen atoms in total. The average Bonchev–Trinajstić information content (AvgIpc) is 2.41. The summed E-state index contributed by atoms with van der Waals surface area (Å²) < 4.78 is 5.93. The molecule has 0 bridgehead atoms. The highest BCUT2D eigenvalue weighted by molar-refractivity contribution is 14.1. The highest BCUT2D eigenvalue weighted by atomic mass is 127. The lowest BCUT2D eigenvalue weighted by molar-refractivity contribution is 0.102. The molecule has 1 heterocycles. The molecule has 0 atom stereocenters. The van der Waals surface area contributed by atoms with Crippen LogP contribution >= 0.6 is 22.6 Å². The van der Waals surface area contributed by atoms with E-state index in [0.29, 0.717) is 5.82 Å². The number of aromatic hydroxyl groups is 1. The van der Waals surface area contributed by atoms with E-state index in [9.17, 15) is 9.90 Å². The summed E-state index contributed by atoms with van der Waals surface area (Å²) in [7, 11) is 1.43. The quantitative estimate of drug-likeness (QED) is 0.815. The van der Waals surface area contributed by atoms with Crippen molar-refractivity contribution >= 4 is 34.3 Å². The molecule has 1 aromatic carbocycles. The number of phenolic OH excluding ortho intramolecular Hbond substituents is 1. The van der Waals surface area contributed by atoms with E-state index < -0.39 is 5.91 Å². The minimum Gasteiger partial charge on any atom is -0.504 e. The molecule has 0 aliphatic heterocycles. The fourth-order valence-electron chi connectivity index (χ4n) is 1.50. The van der Waals surface area contributed by atoms with Gasteiger partial charge in [0.1, 0.15) is 5.82 Å². The Kier molecular flexibility index (Phi) is 4.20. The number of methoxy groups -OCH3 is 1. The molecule has 0 saturated heterocycles. The minimum absolute atomic E-state index is 0.139. The van der Waals surface area contributed by atoms with Crippen molar-refractivity contribution in [3.8, 4) is 11.5 Å². The maximum absolute atomic E-state index is 12.0.